The number of nitrogens with one attached hydrogen (secondary N) is 1. The van der Waals surface area contributed by atoms with E-state index in [4.69, 9.17) is 27.9 Å². The van der Waals surface area contributed by atoms with Crippen LogP contribution in [0.5, 0.6) is 0 Å². The van der Waals surface area contributed by atoms with Crippen LogP contribution in [-0.4, -0.2) is 24.0 Å². The van der Waals surface area contributed by atoms with Gasteiger partial charge in [-0.2, -0.15) is 0 Å². The van der Waals surface area contributed by atoms with Gasteiger partial charge < -0.3 is 10.1 Å². The number of benzene rings is 2. The fourth-order valence-electron chi connectivity index (χ4n) is 2.52. The van der Waals surface area contributed by atoms with Gasteiger partial charge in [-0.05, 0) is 56.0 Å². The molecule has 0 aliphatic carbocycles. The molecule has 0 fully saturated rings. The zero-order chi connectivity index (χ0) is 20.5. The fraction of sp³-hybridized carbons (Fsp3) is 0.273. The first-order valence-electron chi connectivity index (χ1n) is 9.03. The van der Waals surface area contributed by atoms with Crippen LogP contribution in [0.3, 0.4) is 0 Å². The first-order valence-corrected chi connectivity index (χ1v) is 9.79. The topological polar surface area (TPSA) is 55.4 Å². The van der Waals surface area contributed by atoms with Crippen LogP contribution < -0.4 is 5.32 Å². The smallest absolute Gasteiger partial charge is 0.331 e. The third kappa shape index (κ3) is 7.37. The number of ether oxygens (including phenoxy) is 1. The van der Waals surface area contributed by atoms with E-state index in [1.54, 1.807) is 25.1 Å². The third-order valence-electron chi connectivity index (χ3n) is 4.12. The molecule has 0 saturated carbocycles. The molecule has 2 aromatic rings. The van der Waals surface area contributed by atoms with Crippen LogP contribution >= 0.6 is 23.2 Å². The van der Waals surface area contributed by atoms with Gasteiger partial charge in [0.1, 0.15) is 0 Å². The van der Waals surface area contributed by atoms with Gasteiger partial charge in [-0.25, -0.2) is 4.79 Å². The molecule has 0 saturated heterocycles. The molecular formula is C22H23Cl2NO3. The lowest BCUT2D eigenvalue weighted by molar-refractivity contribution is -0.150. The average Bonchev–Trinajstić information content (AvgIpc) is 2.66. The van der Waals surface area contributed by atoms with Crippen molar-refractivity contribution in [1.82, 2.24) is 5.32 Å². The van der Waals surface area contributed by atoms with Crippen LogP contribution in [0.1, 0.15) is 31.4 Å². The van der Waals surface area contributed by atoms with Gasteiger partial charge in [-0.3, -0.25) is 4.79 Å². The molecule has 1 N–H and O–H groups in total. The summed E-state index contributed by atoms with van der Waals surface area (Å²) in [4.78, 5) is 24.2. The van der Waals surface area contributed by atoms with Crippen molar-refractivity contribution in [2.24, 2.45) is 0 Å². The number of halogens is 2. The summed E-state index contributed by atoms with van der Waals surface area (Å²) in [7, 11) is 0. The van der Waals surface area contributed by atoms with Crippen molar-refractivity contribution in [3.63, 3.8) is 0 Å². The Labute approximate surface area is 175 Å². The van der Waals surface area contributed by atoms with E-state index in [0.717, 1.165) is 12.8 Å². The minimum Gasteiger partial charge on any atom is -0.449 e. The molecule has 0 spiro atoms. The SMILES string of the molecule is C[C@H](CCc1ccccc1)NC(=O)[C@H](C)OC(=O)/C=C/c1ccc(Cl)cc1Cl. The van der Waals surface area contributed by atoms with Crippen molar-refractivity contribution in [2.45, 2.75) is 38.8 Å². The van der Waals surface area contributed by atoms with Gasteiger partial charge in [-0.15, -0.1) is 0 Å². The van der Waals surface area contributed by atoms with Gasteiger partial charge in [0.15, 0.2) is 6.10 Å². The van der Waals surface area contributed by atoms with Crippen LogP contribution in [0.25, 0.3) is 6.08 Å². The van der Waals surface area contributed by atoms with Crippen molar-refractivity contribution in [3.8, 4) is 0 Å². The second kappa shape index (κ2) is 10.9. The van der Waals surface area contributed by atoms with Gasteiger partial charge in [0, 0.05) is 22.2 Å². The first-order chi connectivity index (χ1) is 13.3. The highest BCUT2D eigenvalue weighted by atomic mass is 35.5. The summed E-state index contributed by atoms with van der Waals surface area (Å²) in [6.07, 6.45) is 3.52. The molecule has 28 heavy (non-hydrogen) atoms. The highest BCUT2D eigenvalue weighted by molar-refractivity contribution is 6.35. The second-order valence-corrected chi connectivity index (χ2v) is 7.36. The second-order valence-electron chi connectivity index (χ2n) is 6.51. The molecule has 0 bridgehead atoms. The van der Waals surface area contributed by atoms with Crippen LogP contribution in [0.15, 0.2) is 54.6 Å². The Balaban J connectivity index is 1.78. The number of esters is 1. The lowest BCUT2D eigenvalue weighted by Gasteiger charge is -2.17. The third-order valence-corrected chi connectivity index (χ3v) is 4.68. The lowest BCUT2D eigenvalue weighted by Crippen LogP contribution is -2.40. The normalized spacial score (nSPS) is 13.1. The predicted octanol–water partition coefficient (Wildman–Crippen LogP) is 5.08. The number of carbonyl (C=O) groups excluding carboxylic acids is 2. The molecule has 2 atom stereocenters. The zero-order valence-electron chi connectivity index (χ0n) is 15.8. The Bertz CT molecular complexity index is 837. The van der Waals surface area contributed by atoms with Crippen molar-refractivity contribution in [2.75, 3.05) is 0 Å². The van der Waals surface area contributed by atoms with Gasteiger partial charge in [0.2, 0.25) is 0 Å². The first kappa shape index (κ1) is 22.0. The highest BCUT2D eigenvalue weighted by Crippen LogP contribution is 2.22. The Morgan fingerprint density at radius 3 is 2.50 bits per heavy atom. The molecule has 148 valence electrons. The molecule has 0 aliphatic rings. The monoisotopic (exact) mass is 419 g/mol. The Hall–Kier alpha value is -2.30. The van der Waals surface area contributed by atoms with E-state index in [1.807, 2.05) is 25.1 Å². The highest BCUT2D eigenvalue weighted by Gasteiger charge is 2.18. The zero-order valence-corrected chi connectivity index (χ0v) is 17.3. The molecule has 0 aliphatic heterocycles. The van der Waals surface area contributed by atoms with Gasteiger partial charge in [0.25, 0.3) is 5.91 Å². The summed E-state index contributed by atoms with van der Waals surface area (Å²) in [6.45, 7) is 3.47. The maximum Gasteiger partial charge on any atom is 0.331 e. The molecule has 2 aromatic carbocycles. The van der Waals surface area contributed by atoms with Crippen LogP contribution in [0.4, 0.5) is 0 Å². The quantitative estimate of drug-likeness (QED) is 0.479. The molecule has 2 rings (SSSR count). The van der Waals surface area contributed by atoms with Crippen LogP contribution in [0.2, 0.25) is 10.0 Å². The molecule has 0 radical (unpaired) electrons. The van der Waals surface area contributed by atoms with Crippen LogP contribution in [-0.2, 0) is 20.7 Å². The van der Waals surface area contributed by atoms with Crippen molar-refractivity contribution in [1.29, 1.82) is 0 Å². The standard InChI is InChI=1S/C22H23Cl2NO3/c1-15(8-9-17-6-4-3-5-7-17)25-22(27)16(2)28-21(26)13-11-18-10-12-19(23)14-20(18)24/h3-7,10-16H,8-9H2,1-2H3,(H,25,27)/b13-11+/t15-,16+/m1/s1. The molecular weight excluding hydrogens is 397 g/mol. The molecule has 6 heteroatoms. The summed E-state index contributed by atoms with van der Waals surface area (Å²) in [5.41, 5.74) is 1.85. The molecule has 1 amide bonds. The summed E-state index contributed by atoms with van der Waals surface area (Å²) in [6, 6.07) is 15.0. The van der Waals surface area contributed by atoms with Crippen LogP contribution in [0, 0.1) is 0 Å². The lowest BCUT2D eigenvalue weighted by atomic mass is 10.1. The molecule has 0 unspecified atom stereocenters. The summed E-state index contributed by atoms with van der Waals surface area (Å²) in [5.74, 6) is -0.947. The minimum atomic E-state index is -0.892. The fourth-order valence-corrected chi connectivity index (χ4v) is 2.99. The van der Waals surface area contributed by atoms with Gasteiger partial charge in [-0.1, -0.05) is 59.6 Å². The van der Waals surface area contributed by atoms with E-state index < -0.39 is 12.1 Å². The average molecular weight is 420 g/mol. The minimum absolute atomic E-state index is 0.0303. The summed E-state index contributed by atoms with van der Waals surface area (Å²) >= 11 is 11.9. The van der Waals surface area contributed by atoms with Gasteiger partial charge >= 0.3 is 5.97 Å². The largest absolute Gasteiger partial charge is 0.449 e. The number of hydrogen-bond donors (Lipinski definition) is 1. The van der Waals surface area contributed by atoms with E-state index in [2.05, 4.69) is 17.4 Å². The Morgan fingerprint density at radius 1 is 1.11 bits per heavy atom. The van der Waals surface area contributed by atoms with E-state index in [1.165, 1.54) is 17.7 Å². The van der Waals surface area contributed by atoms with E-state index in [0.29, 0.717) is 15.6 Å². The maximum atomic E-state index is 12.2. The van der Waals surface area contributed by atoms with E-state index >= 15 is 0 Å². The van der Waals surface area contributed by atoms with Crippen molar-refractivity contribution < 1.29 is 14.3 Å². The number of hydrogen-bond acceptors (Lipinski definition) is 3. The number of amides is 1. The van der Waals surface area contributed by atoms with E-state index in [9.17, 15) is 9.59 Å². The molecule has 0 aromatic heterocycles. The Morgan fingerprint density at radius 2 is 1.82 bits per heavy atom. The summed E-state index contributed by atoms with van der Waals surface area (Å²) in [5, 5.41) is 3.80. The Kier molecular flexibility index (Phi) is 8.55. The number of carbonyl (C=O) groups is 2. The van der Waals surface area contributed by atoms with Gasteiger partial charge in [0.05, 0.1) is 0 Å². The number of aryl methyl sites for hydroxylation is 1. The molecule has 4 nitrogen and oxygen atoms in total. The van der Waals surface area contributed by atoms with E-state index in [-0.39, 0.29) is 11.9 Å². The van der Waals surface area contributed by atoms with Crippen molar-refractivity contribution in [3.05, 3.63) is 75.8 Å². The number of rotatable bonds is 8. The maximum absolute atomic E-state index is 12.2. The summed E-state index contributed by atoms with van der Waals surface area (Å²) < 4.78 is 5.15. The van der Waals surface area contributed by atoms with Crippen molar-refractivity contribution >= 4 is 41.2 Å². The predicted molar refractivity (Wildman–Crippen MR) is 113 cm³/mol. The molecule has 0 heterocycles.